The van der Waals surface area contributed by atoms with Crippen LogP contribution in [0.25, 0.3) is 0 Å². The molecule has 23 heavy (non-hydrogen) atoms. The largest absolute Gasteiger partial charge is 0.480 e. The van der Waals surface area contributed by atoms with Gasteiger partial charge in [-0.3, -0.25) is 4.79 Å². The summed E-state index contributed by atoms with van der Waals surface area (Å²) in [7, 11) is 0. The Labute approximate surface area is 139 Å². The van der Waals surface area contributed by atoms with Gasteiger partial charge in [0.2, 0.25) is 0 Å². The number of hydrogen-bond donors (Lipinski definition) is 2. The number of carboxylic acids is 1. The molecule has 0 aliphatic heterocycles. The minimum absolute atomic E-state index is 0.185. The molecule has 0 saturated heterocycles. The van der Waals surface area contributed by atoms with Gasteiger partial charge in [0.25, 0.3) is 5.91 Å². The quantitative estimate of drug-likeness (QED) is 0.883. The van der Waals surface area contributed by atoms with Gasteiger partial charge in [0.15, 0.2) is 0 Å². The number of nitrogens with one attached hydrogen (secondary N) is 1. The number of carboxylic acid groups (broad SMARTS) is 1. The molecule has 1 amide bonds. The van der Waals surface area contributed by atoms with Crippen LogP contribution in [0.1, 0.15) is 46.0 Å². The van der Waals surface area contributed by atoms with E-state index in [9.17, 15) is 14.7 Å². The second-order valence-corrected chi connectivity index (χ2v) is 6.81. The molecule has 2 N–H and O–H groups in total. The predicted molar refractivity (Wildman–Crippen MR) is 89.9 cm³/mol. The summed E-state index contributed by atoms with van der Waals surface area (Å²) in [6, 6.07) is 10.8. The van der Waals surface area contributed by atoms with E-state index in [0.29, 0.717) is 11.3 Å². The molecule has 0 saturated carbocycles. The highest BCUT2D eigenvalue weighted by Gasteiger charge is 2.28. The van der Waals surface area contributed by atoms with Gasteiger partial charge < -0.3 is 10.4 Å². The van der Waals surface area contributed by atoms with E-state index >= 15 is 0 Å². The fourth-order valence-corrected chi connectivity index (χ4v) is 3.87. The van der Waals surface area contributed by atoms with E-state index < -0.39 is 12.0 Å². The van der Waals surface area contributed by atoms with Gasteiger partial charge in [0.05, 0.1) is 4.88 Å². The van der Waals surface area contributed by atoms with E-state index in [1.165, 1.54) is 22.5 Å². The Balaban J connectivity index is 1.73. The highest BCUT2D eigenvalue weighted by molar-refractivity contribution is 7.12. The van der Waals surface area contributed by atoms with Crippen molar-refractivity contribution in [3.05, 3.63) is 57.8 Å². The van der Waals surface area contributed by atoms with E-state index in [1.54, 1.807) is 12.1 Å². The number of fused-ring (bicyclic) bond motifs is 1. The van der Waals surface area contributed by atoms with Crippen LogP contribution in [-0.2, 0) is 11.2 Å². The number of benzene rings is 1. The van der Waals surface area contributed by atoms with Gasteiger partial charge in [-0.1, -0.05) is 30.3 Å². The van der Waals surface area contributed by atoms with Gasteiger partial charge in [-0.05, 0) is 54.2 Å². The normalized spacial score (nSPS) is 18.0. The summed E-state index contributed by atoms with van der Waals surface area (Å²) in [5.41, 5.74) is 2.54. The van der Waals surface area contributed by atoms with Crippen LogP contribution in [0.5, 0.6) is 0 Å². The summed E-state index contributed by atoms with van der Waals surface area (Å²) in [4.78, 5) is 24.3. The summed E-state index contributed by atoms with van der Waals surface area (Å²) < 4.78 is 0. The van der Waals surface area contributed by atoms with E-state index in [1.807, 2.05) is 17.5 Å². The number of amides is 1. The van der Waals surface area contributed by atoms with Gasteiger partial charge in [-0.25, -0.2) is 4.79 Å². The molecular weight excluding hydrogens is 310 g/mol. The van der Waals surface area contributed by atoms with Crippen LogP contribution >= 0.6 is 11.3 Å². The molecule has 0 radical (unpaired) electrons. The maximum Gasteiger partial charge on any atom is 0.326 e. The molecular formula is C18H19NO3S. The minimum atomic E-state index is -0.974. The Bertz CT molecular complexity index is 696. The van der Waals surface area contributed by atoms with Crippen molar-refractivity contribution in [3.63, 3.8) is 0 Å². The van der Waals surface area contributed by atoms with E-state index in [4.69, 9.17) is 0 Å². The summed E-state index contributed by atoms with van der Waals surface area (Å²) in [5, 5.41) is 14.0. The number of carbonyl (C=O) groups excluding carboxylic acids is 1. The second kappa shape index (κ2) is 6.96. The third-order valence-corrected chi connectivity index (χ3v) is 5.23. The van der Waals surface area contributed by atoms with Crippen LogP contribution in [0.4, 0.5) is 0 Å². The first-order valence-electron chi connectivity index (χ1n) is 7.80. The average molecular weight is 329 g/mol. The maximum absolute atomic E-state index is 12.1. The molecule has 2 unspecified atom stereocenters. The first-order chi connectivity index (χ1) is 11.1. The number of aryl methyl sites for hydroxylation is 1. The molecule has 3 rings (SSSR count). The zero-order chi connectivity index (χ0) is 16.2. The number of aliphatic carboxylic acids is 1. The zero-order valence-corrected chi connectivity index (χ0v) is 13.5. The second-order valence-electron chi connectivity index (χ2n) is 5.87. The number of thiophene rings is 1. The molecule has 120 valence electrons. The average Bonchev–Trinajstić information content (AvgIpc) is 3.09. The van der Waals surface area contributed by atoms with Crippen molar-refractivity contribution in [1.29, 1.82) is 0 Å². The van der Waals surface area contributed by atoms with E-state index in [2.05, 4.69) is 17.4 Å². The highest BCUT2D eigenvalue weighted by atomic mass is 32.1. The van der Waals surface area contributed by atoms with Crippen LogP contribution in [0.2, 0.25) is 0 Å². The molecule has 1 aliphatic carbocycles. The predicted octanol–water partition coefficient (Wildman–Crippen LogP) is 3.44. The van der Waals surface area contributed by atoms with Crippen LogP contribution in [0.3, 0.4) is 0 Å². The molecule has 4 nitrogen and oxygen atoms in total. The molecule has 5 heteroatoms. The van der Waals surface area contributed by atoms with Gasteiger partial charge in [-0.15, -0.1) is 11.3 Å². The molecule has 0 spiro atoms. The first kappa shape index (κ1) is 15.7. The van der Waals surface area contributed by atoms with Gasteiger partial charge in [0.1, 0.15) is 6.04 Å². The summed E-state index contributed by atoms with van der Waals surface area (Å²) in [6.07, 6.45) is 3.51. The number of hydrogen-bond acceptors (Lipinski definition) is 3. The molecule has 1 aliphatic rings. The van der Waals surface area contributed by atoms with Crippen molar-refractivity contribution in [2.75, 3.05) is 0 Å². The van der Waals surface area contributed by atoms with Crippen molar-refractivity contribution in [2.24, 2.45) is 0 Å². The molecule has 1 aromatic heterocycles. The molecule has 0 bridgehead atoms. The van der Waals surface area contributed by atoms with Crippen LogP contribution in [0.15, 0.2) is 41.8 Å². The van der Waals surface area contributed by atoms with Crippen molar-refractivity contribution >= 4 is 23.2 Å². The molecule has 2 aromatic rings. The van der Waals surface area contributed by atoms with Crippen molar-refractivity contribution in [2.45, 2.75) is 37.6 Å². The number of rotatable bonds is 5. The minimum Gasteiger partial charge on any atom is -0.480 e. The fraction of sp³-hybridized carbons (Fsp3) is 0.333. The third kappa shape index (κ3) is 3.62. The standard InChI is InChI=1S/C18H19NO3S/c20-17(16-9-4-10-23-16)19-15(18(21)22)11-13-7-3-6-12-5-1-2-8-14(12)13/h1-2,4-5,8-10,13,15H,3,6-7,11H2,(H,19,20)(H,21,22). The van der Waals surface area contributed by atoms with Gasteiger partial charge in [-0.2, -0.15) is 0 Å². The zero-order valence-electron chi connectivity index (χ0n) is 12.7. The topological polar surface area (TPSA) is 66.4 Å². The Morgan fingerprint density at radius 2 is 2.09 bits per heavy atom. The van der Waals surface area contributed by atoms with Crippen LogP contribution in [-0.4, -0.2) is 23.0 Å². The Morgan fingerprint density at radius 3 is 2.83 bits per heavy atom. The van der Waals surface area contributed by atoms with E-state index in [0.717, 1.165) is 19.3 Å². The van der Waals surface area contributed by atoms with Crippen molar-refractivity contribution < 1.29 is 14.7 Å². The summed E-state index contributed by atoms with van der Waals surface area (Å²) in [5.74, 6) is -1.10. The molecule has 1 heterocycles. The maximum atomic E-state index is 12.1. The molecule has 2 atom stereocenters. The smallest absolute Gasteiger partial charge is 0.326 e. The lowest BCUT2D eigenvalue weighted by atomic mass is 9.79. The Morgan fingerprint density at radius 1 is 1.26 bits per heavy atom. The molecule has 0 fully saturated rings. The molecule has 1 aromatic carbocycles. The first-order valence-corrected chi connectivity index (χ1v) is 8.68. The van der Waals surface area contributed by atoms with Gasteiger partial charge >= 0.3 is 5.97 Å². The fourth-order valence-electron chi connectivity index (χ4n) is 3.24. The van der Waals surface area contributed by atoms with E-state index in [-0.39, 0.29) is 11.8 Å². The monoisotopic (exact) mass is 329 g/mol. The Hall–Kier alpha value is -2.14. The van der Waals surface area contributed by atoms with Gasteiger partial charge in [0, 0.05) is 0 Å². The lowest BCUT2D eigenvalue weighted by Gasteiger charge is -2.28. The van der Waals surface area contributed by atoms with Crippen molar-refractivity contribution in [3.8, 4) is 0 Å². The third-order valence-electron chi connectivity index (χ3n) is 4.36. The Kier molecular flexibility index (Phi) is 4.76. The summed E-state index contributed by atoms with van der Waals surface area (Å²) in [6.45, 7) is 0. The SMILES string of the molecule is O=C(NC(CC1CCCc2ccccc21)C(=O)O)c1cccs1. The lowest BCUT2D eigenvalue weighted by Crippen LogP contribution is -2.41. The van der Waals surface area contributed by atoms with Crippen molar-refractivity contribution in [1.82, 2.24) is 5.32 Å². The number of carbonyl (C=O) groups is 2. The van der Waals surface area contributed by atoms with Crippen LogP contribution < -0.4 is 5.32 Å². The highest BCUT2D eigenvalue weighted by Crippen LogP contribution is 2.34. The lowest BCUT2D eigenvalue weighted by molar-refractivity contribution is -0.139. The van der Waals surface area contributed by atoms with Crippen LogP contribution in [0, 0.1) is 0 Å². The summed E-state index contributed by atoms with van der Waals surface area (Å²) >= 11 is 1.31.